The molecule has 1 heterocycles. The summed E-state index contributed by atoms with van der Waals surface area (Å²) in [4.78, 5) is 39.9. The number of likely N-dealkylation sites (N-methyl/N-ethyl adjacent to an activating group) is 1. The number of allylic oxidation sites excluding steroid dienone is 3. The van der Waals surface area contributed by atoms with E-state index in [1.807, 2.05) is 30.3 Å². The Hall–Kier alpha value is -3.55. The van der Waals surface area contributed by atoms with Crippen molar-refractivity contribution in [2.75, 3.05) is 20.6 Å². The standard InChI is InChI=1S/C22H29N5O3/c1-15(27-13-7-10-17(14-28)20(27)22(30)26(2)3)21(29)25-19(24)12-11-18(23)16-8-5-4-6-9-16/h4-6,8-9,11-12,14-15H,7,10,13,23-24H2,1-3H3,(H,25,29)/b18-11-,19-12+. The van der Waals surface area contributed by atoms with Crippen molar-refractivity contribution in [2.45, 2.75) is 25.8 Å². The van der Waals surface area contributed by atoms with E-state index in [1.54, 1.807) is 32.0 Å². The van der Waals surface area contributed by atoms with E-state index >= 15 is 0 Å². The third kappa shape index (κ3) is 5.50. The van der Waals surface area contributed by atoms with Crippen LogP contribution in [0.25, 0.3) is 5.70 Å². The van der Waals surface area contributed by atoms with Crippen LogP contribution < -0.4 is 16.8 Å². The van der Waals surface area contributed by atoms with Crippen LogP contribution in [-0.2, 0) is 14.4 Å². The van der Waals surface area contributed by atoms with Gasteiger partial charge in [-0.2, -0.15) is 0 Å². The minimum Gasteiger partial charge on any atom is -0.398 e. The van der Waals surface area contributed by atoms with Crippen molar-refractivity contribution in [3.63, 3.8) is 0 Å². The Labute approximate surface area is 176 Å². The van der Waals surface area contributed by atoms with Crippen LogP contribution in [0.15, 0.2) is 59.6 Å². The number of amides is 2. The molecule has 160 valence electrons. The van der Waals surface area contributed by atoms with Crippen LogP contribution in [0.3, 0.4) is 0 Å². The molecule has 0 saturated carbocycles. The van der Waals surface area contributed by atoms with Gasteiger partial charge < -0.3 is 26.6 Å². The average Bonchev–Trinajstić information content (AvgIpc) is 2.76. The number of carbonyl (C=O) groups excluding carboxylic acids is 3. The molecule has 0 aromatic heterocycles. The Kier molecular flexibility index (Phi) is 7.80. The average molecular weight is 412 g/mol. The van der Waals surface area contributed by atoms with Gasteiger partial charge in [-0.15, -0.1) is 0 Å². The number of hydrogen-bond acceptors (Lipinski definition) is 6. The molecule has 2 amide bonds. The van der Waals surface area contributed by atoms with Crippen LogP contribution in [0.2, 0.25) is 0 Å². The van der Waals surface area contributed by atoms with E-state index in [1.165, 1.54) is 11.0 Å². The second kappa shape index (κ2) is 10.3. The maximum absolute atomic E-state index is 12.7. The molecule has 0 aliphatic carbocycles. The third-order valence-electron chi connectivity index (χ3n) is 4.85. The fourth-order valence-electron chi connectivity index (χ4n) is 3.16. The summed E-state index contributed by atoms with van der Waals surface area (Å²) in [6.45, 7) is 2.17. The number of rotatable bonds is 7. The first-order chi connectivity index (χ1) is 14.3. The molecular formula is C22H29N5O3. The lowest BCUT2D eigenvalue weighted by Crippen LogP contribution is -2.50. The molecule has 1 aliphatic rings. The highest BCUT2D eigenvalue weighted by molar-refractivity contribution is 5.99. The fourth-order valence-corrected chi connectivity index (χ4v) is 3.16. The lowest BCUT2D eigenvalue weighted by atomic mass is 10.00. The van der Waals surface area contributed by atoms with Gasteiger partial charge in [0.15, 0.2) is 0 Å². The predicted octanol–water partition coefficient (Wildman–Crippen LogP) is 0.928. The molecule has 0 fully saturated rings. The van der Waals surface area contributed by atoms with Crippen LogP contribution in [0.4, 0.5) is 0 Å². The van der Waals surface area contributed by atoms with Crippen LogP contribution in [0.5, 0.6) is 0 Å². The van der Waals surface area contributed by atoms with Gasteiger partial charge in [0.25, 0.3) is 5.91 Å². The molecule has 8 heteroatoms. The van der Waals surface area contributed by atoms with Gasteiger partial charge >= 0.3 is 0 Å². The van der Waals surface area contributed by atoms with Gasteiger partial charge in [-0.3, -0.25) is 14.4 Å². The Morgan fingerprint density at radius 1 is 1.17 bits per heavy atom. The number of hydrogen-bond donors (Lipinski definition) is 3. The first-order valence-corrected chi connectivity index (χ1v) is 9.72. The summed E-state index contributed by atoms with van der Waals surface area (Å²) in [5.74, 6) is -0.562. The van der Waals surface area contributed by atoms with Crippen molar-refractivity contribution >= 4 is 23.8 Å². The molecule has 0 saturated heterocycles. The summed E-state index contributed by atoms with van der Waals surface area (Å²) in [7, 11) is 3.22. The zero-order valence-electron chi connectivity index (χ0n) is 17.6. The topological polar surface area (TPSA) is 122 Å². The maximum atomic E-state index is 12.7. The maximum Gasteiger partial charge on any atom is 0.270 e. The van der Waals surface area contributed by atoms with Gasteiger partial charge in [0, 0.05) is 31.9 Å². The molecule has 1 aromatic rings. The van der Waals surface area contributed by atoms with Crippen molar-refractivity contribution in [1.29, 1.82) is 0 Å². The van der Waals surface area contributed by atoms with Crippen LogP contribution >= 0.6 is 0 Å². The predicted molar refractivity (Wildman–Crippen MR) is 116 cm³/mol. The molecule has 1 atom stereocenters. The molecule has 8 nitrogen and oxygen atoms in total. The Balaban J connectivity index is 2.15. The van der Waals surface area contributed by atoms with Crippen molar-refractivity contribution in [2.24, 2.45) is 11.5 Å². The molecule has 1 aliphatic heterocycles. The second-order valence-corrected chi connectivity index (χ2v) is 7.26. The molecule has 0 radical (unpaired) electrons. The quantitative estimate of drug-likeness (QED) is 0.453. The number of nitrogens with two attached hydrogens (primary N) is 2. The van der Waals surface area contributed by atoms with Crippen LogP contribution in [-0.4, -0.2) is 54.6 Å². The summed E-state index contributed by atoms with van der Waals surface area (Å²) in [5, 5.41) is 2.63. The van der Waals surface area contributed by atoms with Crippen molar-refractivity contribution in [3.05, 3.63) is 65.1 Å². The highest BCUT2D eigenvalue weighted by Crippen LogP contribution is 2.24. The number of carbonyl (C=O) groups is 3. The summed E-state index contributed by atoms with van der Waals surface area (Å²) in [5.41, 5.74) is 14.0. The van der Waals surface area contributed by atoms with Gasteiger partial charge in [-0.25, -0.2) is 0 Å². The summed E-state index contributed by atoms with van der Waals surface area (Å²) in [6.07, 6.45) is 5.01. The number of nitrogens with one attached hydrogen (secondary N) is 1. The van der Waals surface area contributed by atoms with Gasteiger partial charge in [-0.05, 0) is 37.5 Å². The second-order valence-electron chi connectivity index (χ2n) is 7.26. The minimum absolute atomic E-state index is 0.128. The van der Waals surface area contributed by atoms with E-state index in [4.69, 9.17) is 11.5 Å². The van der Waals surface area contributed by atoms with Crippen molar-refractivity contribution in [1.82, 2.24) is 15.1 Å². The van der Waals surface area contributed by atoms with E-state index in [0.717, 1.165) is 5.56 Å². The Morgan fingerprint density at radius 2 is 1.83 bits per heavy atom. The molecular weight excluding hydrogens is 382 g/mol. The SMILES string of the molecule is CC(C(=O)N/C(N)=C/C=C(\N)c1ccccc1)N1CCCC(C=O)=C1C(=O)N(C)C. The fraction of sp³-hybridized carbons (Fsp3) is 0.318. The summed E-state index contributed by atoms with van der Waals surface area (Å²) < 4.78 is 0. The molecule has 0 spiro atoms. The molecule has 1 aromatic carbocycles. The van der Waals surface area contributed by atoms with E-state index in [-0.39, 0.29) is 23.3 Å². The van der Waals surface area contributed by atoms with Crippen molar-refractivity contribution < 1.29 is 14.4 Å². The normalized spacial score (nSPS) is 16.2. The van der Waals surface area contributed by atoms with E-state index in [2.05, 4.69) is 5.32 Å². The van der Waals surface area contributed by atoms with E-state index in [0.29, 0.717) is 36.9 Å². The molecule has 1 unspecified atom stereocenters. The largest absolute Gasteiger partial charge is 0.398 e. The zero-order valence-corrected chi connectivity index (χ0v) is 17.6. The first-order valence-electron chi connectivity index (χ1n) is 9.72. The lowest BCUT2D eigenvalue weighted by molar-refractivity contribution is -0.129. The number of benzene rings is 1. The van der Waals surface area contributed by atoms with Crippen LogP contribution in [0, 0.1) is 0 Å². The highest BCUT2D eigenvalue weighted by atomic mass is 16.2. The van der Waals surface area contributed by atoms with Crippen LogP contribution in [0.1, 0.15) is 25.3 Å². The van der Waals surface area contributed by atoms with Gasteiger partial charge in [0.1, 0.15) is 23.8 Å². The molecule has 0 bridgehead atoms. The molecule has 2 rings (SSSR count). The van der Waals surface area contributed by atoms with Gasteiger partial charge in [-0.1, -0.05) is 30.3 Å². The highest BCUT2D eigenvalue weighted by Gasteiger charge is 2.32. The Morgan fingerprint density at radius 3 is 2.43 bits per heavy atom. The Bertz CT molecular complexity index is 887. The summed E-state index contributed by atoms with van der Waals surface area (Å²) >= 11 is 0. The molecule has 30 heavy (non-hydrogen) atoms. The summed E-state index contributed by atoms with van der Waals surface area (Å²) in [6, 6.07) is 8.68. The van der Waals surface area contributed by atoms with Gasteiger partial charge in [0.2, 0.25) is 5.91 Å². The minimum atomic E-state index is -0.693. The number of nitrogens with zero attached hydrogens (tertiary/aromatic N) is 2. The first kappa shape index (κ1) is 22.7. The number of aldehydes is 1. The van der Waals surface area contributed by atoms with Gasteiger partial charge in [0.05, 0.1) is 0 Å². The zero-order chi connectivity index (χ0) is 22.3. The smallest absolute Gasteiger partial charge is 0.270 e. The van der Waals surface area contributed by atoms with E-state index in [9.17, 15) is 14.4 Å². The lowest BCUT2D eigenvalue weighted by Gasteiger charge is -2.36. The van der Waals surface area contributed by atoms with E-state index < -0.39 is 6.04 Å². The van der Waals surface area contributed by atoms with Crippen molar-refractivity contribution in [3.8, 4) is 0 Å². The molecule has 5 N–H and O–H groups in total. The third-order valence-corrected chi connectivity index (χ3v) is 4.85. The monoisotopic (exact) mass is 411 g/mol.